The number of rotatable bonds is 5. The molecule has 2 aliphatic rings. The number of aromatic nitrogens is 2. The van der Waals surface area contributed by atoms with E-state index in [1.54, 1.807) is 4.90 Å². The molecular weight excluding hydrogens is 421 g/mol. The molecule has 162 valence electrons. The first-order chi connectivity index (χ1) is 14.9. The highest BCUT2D eigenvalue weighted by atomic mass is 35.5. The third-order valence-electron chi connectivity index (χ3n) is 5.76. The second-order valence-corrected chi connectivity index (χ2v) is 8.33. The average molecular weight is 444 g/mol. The van der Waals surface area contributed by atoms with Crippen molar-refractivity contribution in [2.75, 3.05) is 18.4 Å². The van der Waals surface area contributed by atoms with Gasteiger partial charge >= 0.3 is 0 Å². The Morgan fingerprint density at radius 1 is 1.23 bits per heavy atom. The summed E-state index contributed by atoms with van der Waals surface area (Å²) in [5.74, 6) is -0.550. The number of halogens is 2. The Morgan fingerprint density at radius 2 is 2.00 bits per heavy atom. The molecular formula is C22H23ClFN5O2. The molecule has 0 unspecified atom stereocenters. The summed E-state index contributed by atoms with van der Waals surface area (Å²) in [6.45, 7) is 0.761. The number of primary amides is 1. The monoisotopic (exact) mass is 443 g/mol. The van der Waals surface area contributed by atoms with E-state index in [1.165, 1.54) is 30.5 Å². The van der Waals surface area contributed by atoms with Crippen LogP contribution in [0, 0.1) is 11.7 Å². The number of amides is 2. The van der Waals surface area contributed by atoms with Crippen LogP contribution in [-0.2, 0) is 4.79 Å². The van der Waals surface area contributed by atoms with Gasteiger partial charge in [0.05, 0.1) is 16.9 Å². The van der Waals surface area contributed by atoms with Gasteiger partial charge in [-0.1, -0.05) is 24.1 Å². The number of nitrogens with zero attached hydrogens (tertiary/aromatic N) is 3. The maximum absolute atomic E-state index is 13.1. The molecule has 2 aromatic rings. The van der Waals surface area contributed by atoms with Crippen LogP contribution in [0.15, 0.2) is 36.5 Å². The number of benzene rings is 1. The van der Waals surface area contributed by atoms with E-state index in [1.807, 2.05) is 6.08 Å². The van der Waals surface area contributed by atoms with Crippen LogP contribution in [0.5, 0.6) is 0 Å². The molecule has 2 heterocycles. The fourth-order valence-electron chi connectivity index (χ4n) is 4.08. The Kier molecular flexibility index (Phi) is 6.18. The van der Waals surface area contributed by atoms with Crippen molar-refractivity contribution < 1.29 is 14.0 Å². The second-order valence-electron chi connectivity index (χ2n) is 7.92. The van der Waals surface area contributed by atoms with Gasteiger partial charge in [-0.3, -0.25) is 9.59 Å². The Labute approximate surface area is 184 Å². The maximum Gasteiger partial charge on any atom is 0.254 e. The zero-order valence-electron chi connectivity index (χ0n) is 16.9. The molecule has 1 aliphatic heterocycles. The summed E-state index contributed by atoms with van der Waals surface area (Å²) in [5, 5.41) is 3.68. The predicted molar refractivity (Wildman–Crippen MR) is 116 cm³/mol. The first-order valence-electron chi connectivity index (χ1n) is 10.2. The molecule has 31 heavy (non-hydrogen) atoms. The number of hydrogen-bond donors (Lipinski definition) is 2. The van der Waals surface area contributed by atoms with Crippen LogP contribution in [0.25, 0.3) is 5.57 Å². The summed E-state index contributed by atoms with van der Waals surface area (Å²) >= 11 is 6.35. The van der Waals surface area contributed by atoms with E-state index in [4.69, 9.17) is 17.3 Å². The van der Waals surface area contributed by atoms with Crippen molar-refractivity contribution in [3.8, 4) is 0 Å². The van der Waals surface area contributed by atoms with Gasteiger partial charge in [-0.2, -0.15) is 0 Å². The molecule has 0 bridgehead atoms. The molecule has 3 N–H and O–H groups in total. The van der Waals surface area contributed by atoms with Crippen LogP contribution in [0.3, 0.4) is 0 Å². The van der Waals surface area contributed by atoms with Gasteiger partial charge in [0.25, 0.3) is 5.91 Å². The molecule has 0 saturated heterocycles. The highest BCUT2D eigenvalue weighted by molar-refractivity contribution is 6.32. The maximum atomic E-state index is 13.1. The van der Waals surface area contributed by atoms with Crippen LogP contribution in [0.1, 0.15) is 41.7 Å². The standard InChI is InChI=1S/C22H23ClFN5O2/c23-18-11-26-22(27-17-3-1-2-14(10-17)20(25)30)28-19(18)15-8-9-29(12-15)21(31)13-4-6-16(24)7-5-13/h4-8,11,14,17H,1-3,9-10,12H2,(H2,25,30)(H,26,27,28)/t14-,17+/m0/s1. The third kappa shape index (κ3) is 4.85. The largest absolute Gasteiger partial charge is 0.369 e. The Balaban J connectivity index is 1.44. The topological polar surface area (TPSA) is 101 Å². The molecule has 1 aromatic heterocycles. The molecule has 0 spiro atoms. The number of hydrogen-bond acceptors (Lipinski definition) is 5. The minimum absolute atomic E-state index is 0.0642. The van der Waals surface area contributed by atoms with Gasteiger partial charge in [-0.05, 0) is 49.1 Å². The van der Waals surface area contributed by atoms with Gasteiger partial charge in [0.2, 0.25) is 11.9 Å². The number of nitrogens with one attached hydrogen (secondary N) is 1. The molecule has 1 aromatic carbocycles. The Morgan fingerprint density at radius 3 is 2.74 bits per heavy atom. The molecule has 4 rings (SSSR count). The van der Waals surface area contributed by atoms with Gasteiger partial charge in [0, 0.05) is 30.6 Å². The normalized spacial score (nSPS) is 21.0. The van der Waals surface area contributed by atoms with Crippen molar-refractivity contribution in [3.05, 3.63) is 58.6 Å². The molecule has 7 nitrogen and oxygen atoms in total. The lowest BCUT2D eigenvalue weighted by Crippen LogP contribution is -2.34. The van der Waals surface area contributed by atoms with Crippen LogP contribution in [0.4, 0.5) is 10.3 Å². The zero-order chi connectivity index (χ0) is 22.0. The minimum Gasteiger partial charge on any atom is -0.369 e. The lowest BCUT2D eigenvalue weighted by Gasteiger charge is -2.28. The average Bonchev–Trinajstić information content (AvgIpc) is 3.25. The molecule has 2 amide bonds. The molecule has 1 fully saturated rings. The SMILES string of the molecule is NC(=O)[C@H]1CCC[C@@H](Nc2ncc(Cl)c(C3=CCN(C(=O)c4ccc(F)cc4)C3)n2)C1. The van der Waals surface area contributed by atoms with Crippen molar-refractivity contribution in [3.63, 3.8) is 0 Å². The van der Waals surface area contributed by atoms with Gasteiger partial charge < -0.3 is 16.0 Å². The fraction of sp³-hybridized carbons (Fsp3) is 0.364. The van der Waals surface area contributed by atoms with E-state index < -0.39 is 0 Å². The van der Waals surface area contributed by atoms with E-state index in [-0.39, 0.29) is 29.6 Å². The Bertz CT molecular complexity index is 1030. The van der Waals surface area contributed by atoms with Crippen LogP contribution >= 0.6 is 11.6 Å². The number of nitrogens with two attached hydrogens (primary N) is 1. The van der Waals surface area contributed by atoms with Crippen molar-refractivity contribution >= 4 is 34.9 Å². The van der Waals surface area contributed by atoms with E-state index in [9.17, 15) is 14.0 Å². The van der Waals surface area contributed by atoms with Gasteiger partial charge in [0.1, 0.15) is 5.82 Å². The van der Waals surface area contributed by atoms with Gasteiger partial charge in [0.15, 0.2) is 0 Å². The summed E-state index contributed by atoms with van der Waals surface area (Å²) in [5.41, 5.74) is 7.28. The molecule has 9 heteroatoms. The molecule has 2 atom stereocenters. The lowest BCUT2D eigenvalue weighted by atomic mass is 9.85. The van der Waals surface area contributed by atoms with E-state index >= 15 is 0 Å². The zero-order valence-corrected chi connectivity index (χ0v) is 17.6. The van der Waals surface area contributed by atoms with Gasteiger partial charge in [-0.15, -0.1) is 0 Å². The van der Waals surface area contributed by atoms with E-state index in [0.717, 1.165) is 24.8 Å². The molecule has 1 aliphatic carbocycles. The van der Waals surface area contributed by atoms with E-state index in [0.29, 0.717) is 41.7 Å². The van der Waals surface area contributed by atoms with Crippen LogP contribution < -0.4 is 11.1 Å². The van der Waals surface area contributed by atoms with Gasteiger partial charge in [-0.25, -0.2) is 14.4 Å². The molecule has 1 saturated carbocycles. The number of anilines is 1. The third-order valence-corrected chi connectivity index (χ3v) is 6.03. The summed E-state index contributed by atoms with van der Waals surface area (Å²) in [7, 11) is 0. The molecule has 0 radical (unpaired) electrons. The Hall–Kier alpha value is -3.00. The summed E-state index contributed by atoms with van der Waals surface area (Å²) in [6, 6.07) is 5.54. The van der Waals surface area contributed by atoms with Crippen molar-refractivity contribution in [1.29, 1.82) is 0 Å². The lowest BCUT2D eigenvalue weighted by molar-refractivity contribution is -0.122. The number of carbonyl (C=O) groups is 2. The first kappa shape index (κ1) is 21.2. The summed E-state index contributed by atoms with van der Waals surface area (Å²) in [6.07, 6.45) is 6.73. The number of carbonyl (C=O) groups excluding carboxylic acids is 2. The highest BCUT2D eigenvalue weighted by Crippen LogP contribution is 2.29. The fourth-order valence-corrected chi connectivity index (χ4v) is 4.29. The summed E-state index contributed by atoms with van der Waals surface area (Å²) < 4.78 is 13.1. The minimum atomic E-state index is -0.385. The van der Waals surface area contributed by atoms with Crippen LogP contribution in [0.2, 0.25) is 5.02 Å². The summed E-state index contributed by atoms with van der Waals surface area (Å²) in [4.78, 5) is 34.7. The quantitative estimate of drug-likeness (QED) is 0.738. The predicted octanol–water partition coefficient (Wildman–Crippen LogP) is 3.26. The van der Waals surface area contributed by atoms with E-state index in [2.05, 4.69) is 15.3 Å². The smallest absolute Gasteiger partial charge is 0.254 e. The van der Waals surface area contributed by atoms with Crippen molar-refractivity contribution in [2.24, 2.45) is 11.7 Å². The second kappa shape index (κ2) is 9.01. The highest BCUT2D eigenvalue weighted by Gasteiger charge is 2.27. The van der Waals surface area contributed by atoms with Crippen molar-refractivity contribution in [2.45, 2.75) is 31.7 Å². The van der Waals surface area contributed by atoms with Crippen LogP contribution in [-0.4, -0.2) is 45.8 Å². The first-order valence-corrected chi connectivity index (χ1v) is 10.6. The van der Waals surface area contributed by atoms with Crippen molar-refractivity contribution in [1.82, 2.24) is 14.9 Å².